The molecule has 1 saturated heterocycles. The second-order valence-electron chi connectivity index (χ2n) is 10.9. The molecule has 40 heavy (non-hydrogen) atoms. The van der Waals surface area contributed by atoms with Gasteiger partial charge in [0.25, 0.3) is 0 Å². The van der Waals surface area contributed by atoms with E-state index in [1.54, 1.807) is 30.3 Å². The van der Waals surface area contributed by atoms with Crippen molar-refractivity contribution in [2.45, 2.75) is 51.5 Å². The minimum absolute atomic E-state index is 0.0602. The standard InChI is InChI=1S/C31H34BIO7/c1-3-6-17(11-18-12-24(33)31(37)26(13-18)39-2)9-10-25-27-19(16-34)14-22-28(23(27)15-32(38)40-25)30(36)21-8-5-4-7-20(21)29(22)35/h4-5,7-8,11-13,22-23,25,28,34,37-38H,3,6,9-10,14-16H2,1-2H3/b17-11+/t22-,23+,25-,28-/m1/s1. The lowest BCUT2D eigenvalue weighted by atomic mass is 9.54. The Morgan fingerprint density at radius 1 is 1.15 bits per heavy atom. The highest BCUT2D eigenvalue weighted by Crippen LogP contribution is 2.51. The molecule has 0 amide bonds. The van der Waals surface area contributed by atoms with Crippen molar-refractivity contribution in [2.24, 2.45) is 17.8 Å². The third-order valence-corrected chi connectivity index (χ3v) is 9.32. The highest BCUT2D eigenvalue weighted by molar-refractivity contribution is 14.1. The molecule has 0 unspecified atom stereocenters. The van der Waals surface area contributed by atoms with Gasteiger partial charge < -0.3 is 24.6 Å². The average molecular weight is 656 g/mol. The molecule has 0 radical (unpaired) electrons. The first-order chi connectivity index (χ1) is 19.3. The van der Waals surface area contributed by atoms with E-state index in [0.29, 0.717) is 39.7 Å². The summed E-state index contributed by atoms with van der Waals surface area (Å²) >= 11 is 2.08. The number of phenolic OH excluding ortho intramolecular Hbond substituents is 1. The van der Waals surface area contributed by atoms with E-state index in [0.717, 1.165) is 29.6 Å². The number of ketones is 2. The Kier molecular flexibility index (Phi) is 8.85. The molecule has 9 heteroatoms. The Bertz CT molecular complexity index is 1380. The van der Waals surface area contributed by atoms with Crippen molar-refractivity contribution in [1.82, 2.24) is 0 Å². The van der Waals surface area contributed by atoms with Gasteiger partial charge in [-0.25, -0.2) is 0 Å². The molecule has 210 valence electrons. The first-order valence-corrected chi connectivity index (χ1v) is 14.9. The van der Waals surface area contributed by atoms with Gasteiger partial charge in [0.1, 0.15) is 0 Å². The van der Waals surface area contributed by atoms with Crippen molar-refractivity contribution in [3.05, 3.63) is 73.4 Å². The maximum atomic E-state index is 13.7. The topological polar surface area (TPSA) is 113 Å². The van der Waals surface area contributed by atoms with E-state index in [1.807, 2.05) is 6.07 Å². The third kappa shape index (κ3) is 5.41. The molecule has 3 N–H and O–H groups in total. The minimum Gasteiger partial charge on any atom is -0.504 e. The van der Waals surface area contributed by atoms with Crippen LogP contribution in [0, 0.1) is 21.3 Å². The van der Waals surface area contributed by atoms with Crippen molar-refractivity contribution in [1.29, 1.82) is 0 Å². The van der Waals surface area contributed by atoms with Gasteiger partial charge in [-0.1, -0.05) is 49.3 Å². The first-order valence-electron chi connectivity index (χ1n) is 13.9. The van der Waals surface area contributed by atoms with E-state index in [-0.39, 0.29) is 36.2 Å². The van der Waals surface area contributed by atoms with Crippen LogP contribution in [-0.2, 0) is 4.65 Å². The molecule has 7 nitrogen and oxygen atoms in total. The molecule has 2 aromatic rings. The summed E-state index contributed by atoms with van der Waals surface area (Å²) in [6.45, 7) is 1.90. The number of rotatable bonds is 8. The fraction of sp³-hybridized carbons (Fsp3) is 0.419. The minimum atomic E-state index is -1.06. The number of Topliss-reactive ketones (excluding diaryl/α,β-unsaturated/α-hetero) is 2. The first kappa shape index (κ1) is 29.0. The number of methoxy groups -OCH3 is 1. The number of phenols is 1. The zero-order chi connectivity index (χ0) is 28.6. The predicted octanol–water partition coefficient (Wildman–Crippen LogP) is 5.47. The molecule has 0 saturated carbocycles. The van der Waals surface area contributed by atoms with Gasteiger partial charge in [-0.2, -0.15) is 0 Å². The number of hydrogen-bond acceptors (Lipinski definition) is 7. The molecule has 0 spiro atoms. The number of hydrogen-bond donors (Lipinski definition) is 3. The van der Waals surface area contributed by atoms with E-state index in [1.165, 1.54) is 12.7 Å². The number of halogens is 1. The normalized spacial score (nSPS) is 24.5. The SMILES string of the molecule is CCC/C(=C\c1cc(I)c(O)c(OC)c1)CC[C@H]1OB(O)C[C@H]2C1=C(CO)C[C@H]1C(=O)c3ccccc3C(=O)[C@H]12. The lowest BCUT2D eigenvalue weighted by Crippen LogP contribution is -2.51. The molecule has 0 aromatic heterocycles. The highest BCUT2D eigenvalue weighted by atomic mass is 127. The number of allylic oxidation sites excluding steroid dienone is 1. The number of carbonyl (C=O) groups is 2. The van der Waals surface area contributed by atoms with Gasteiger partial charge in [0.05, 0.1) is 23.4 Å². The molecule has 1 fully saturated rings. The second-order valence-corrected chi connectivity index (χ2v) is 12.1. The lowest BCUT2D eigenvalue weighted by molar-refractivity contribution is 0.0590. The van der Waals surface area contributed by atoms with Gasteiger partial charge >= 0.3 is 7.12 Å². The van der Waals surface area contributed by atoms with Crippen molar-refractivity contribution in [3.63, 3.8) is 0 Å². The zero-order valence-corrected chi connectivity index (χ0v) is 24.9. The van der Waals surface area contributed by atoms with E-state index in [9.17, 15) is 24.8 Å². The number of fused-ring (bicyclic) bond motifs is 4. The quantitative estimate of drug-likeness (QED) is 0.196. The van der Waals surface area contributed by atoms with Crippen molar-refractivity contribution < 1.29 is 34.2 Å². The van der Waals surface area contributed by atoms with Crippen LogP contribution < -0.4 is 4.74 Å². The highest BCUT2D eigenvalue weighted by Gasteiger charge is 2.53. The Balaban J connectivity index is 1.45. The van der Waals surface area contributed by atoms with Gasteiger partial charge in [0.2, 0.25) is 0 Å². The average Bonchev–Trinajstić information content (AvgIpc) is 2.95. The summed E-state index contributed by atoms with van der Waals surface area (Å²) in [6, 6.07) is 10.7. The van der Waals surface area contributed by atoms with Crippen molar-refractivity contribution in [3.8, 4) is 11.5 Å². The molecule has 3 aliphatic rings. The largest absolute Gasteiger partial charge is 0.504 e. The van der Waals surface area contributed by atoms with E-state index in [2.05, 4.69) is 35.6 Å². The fourth-order valence-electron chi connectivity index (χ4n) is 6.79. The summed E-state index contributed by atoms with van der Waals surface area (Å²) < 4.78 is 12.1. The van der Waals surface area contributed by atoms with Gasteiger partial charge in [0.15, 0.2) is 23.1 Å². The van der Waals surface area contributed by atoms with E-state index in [4.69, 9.17) is 9.39 Å². The van der Waals surface area contributed by atoms with Gasteiger partial charge in [-0.05, 0) is 89.4 Å². The number of ether oxygens (including phenoxy) is 1. The molecule has 1 aliphatic heterocycles. The van der Waals surface area contributed by atoms with Gasteiger partial charge in [0, 0.05) is 23.0 Å². The maximum absolute atomic E-state index is 13.7. The zero-order valence-electron chi connectivity index (χ0n) is 22.7. The lowest BCUT2D eigenvalue weighted by Gasteiger charge is -2.47. The molecule has 2 aliphatic carbocycles. The molecule has 2 aromatic carbocycles. The molecule has 4 atom stereocenters. The Labute approximate surface area is 248 Å². The summed E-state index contributed by atoms with van der Waals surface area (Å²) in [4.78, 5) is 27.2. The Morgan fingerprint density at radius 3 is 2.55 bits per heavy atom. The van der Waals surface area contributed by atoms with E-state index >= 15 is 0 Å². The predicted molar refractivity (Wildman–Crippen MR) is 161 cm³/mol. The Hall–Kier alpha value is -2.47. The number of aromatic hydroxyl groups is 1. The summed E-state index contributed by atoms with van der Waals surface area (Å²) in [6.07, 6.45) is 5.24. The van der Waals surface area contributed by atoms with Gasteiger partial charge in [-0.15, -0.1) is 0 Å². The van der Waals surface area contributed by atoms with E-state index < -0.39 is 25.1 Å². The fourth-order valence-corrected chi connectivity index (χ4v) is 7.42. The summed E-state index contributed by atoms with van der Waals surface area (Å²) in [5.41, 5.74) is 4.64. The molecule has 1 heterocycles. The van der Waals surface area contributed by atoms with Crippen LogP contribution in [0.4, 0.5) is 0 Å². The summed E-state index contributed by atoms with van der Waals surface area (Å²) in [7, 11) is 0.470. The Morgan fingerprint density at radius 2 is 1.88 bits per heavy atom. The second kappa shape index (κ2) is 12.2. The van der Waals surface area contributed by atoms with Crippen LogP contribution in [0.5, 0.6) is 11.5 Å². The van der Waals surface area contributed by atoms with Crippen LogP contribution in [0.15, 0.2) is 53.1 Å². The third-order valence-electron chi connectivity index (χ3n) is 8.49. The molecule has 0 bridgehead atoms. The van der Waals surface area contributed by atoms with Gasteiger partial charge in [-0.3, -0.25) is 9.59 Å². The number of aliphatic hydroxyl groups excluding tert-OH is 1. The number of aliphatic hydroxyl groups is 1. The van der Waals surface area contributed by atoms with Crippen molar-refractivity contribution >= 4 is 47.4 Å². The van der Waals surface area contributed by atoms with Crippen LogP contribution in [0.25, 0.3) is 6.08 Å². The molecular weight excluding hydrogens is 622 g/mol. The van der Waals surface area contributed by atoms with Crippen molar-refractivity contribution in [2.75, 3.05) is 13.7 Å². The number of benzene rings is 2. The van der Waals surface area contributed by atoms with Crippen LogP contribution in [0.1, 0.15) is 65.3 Å². The number of carbonyl (C=O) groups excluding carboxylic acids is 2. The van der Waals surface area contributed by atoms with Crippen LogP contribution in [-0.4, -0.2) is 53.7 Å². The van der Waals surface area contributed by atoms with Crippen LogP contribution in [0.2, 0.25) is 6.32 Å². The van der Waals surface area contributed by atoms with Crippen LogP contribution in [0.3, 0.4) is 0 Å². The maximum Gasteiger partial charge on any atom is 0.455 e. The smallest absolute Gasteiger partial charge is 0.455 e. The van der Waals surface area contributed by atoms with Crippen LogP contribution >= 0.6 is 22.6 Å². The monoisotopic (exact) mass is 656 g/mol. The summed E-state index contributed by atoms with van der Waals surface area (Å²) in [5.74, 6) is -1.05. The molecule has 5 rings (SSSR count). The molecular formula is C31H34BIO7. The summed E-state index contributed by atoms with van der Waals surface area (Å²) in [5, 5.41) is 31.4.